The molecule has 1 saturated carbocycles. The van der Waals surface area contributed by atoms with E-state index in [2.05, 4.69) is 39.6 Å². The third-order valence-corrected chi connectivity index (χ3v) is 4.86. The van der Waals surface area contributed by atoms with Crippen LogP contribution in [0.15, 0.2) is 0 Å². The van der Waals surface area contributed by atoms with Crippen molar-refractivity contribution in [3.63, 3.8) is 0 Å². The molecular weight excluding hydrogens is 236 g/mol. The lowest BCUT2D eigenvalue weighted by Gasteiger charge is -2.51. The molecule has 0 bridgehead atoms. The first-order valence-electron chi connectivity index (χ1n) is 7.97. The predicted octanol–water partition coefficient (Wildman–Crippen LogP) is 2.89. The summed E-state index contributed by atoms with van der Waals surface area (Å²) >= 11 is 0. The van der Waals surface area contributed by atoms with Crippen molar-refractivity contribution in [2.75, 3.05) is 26.7 Å². The lowest BCUT2D eigenvalue weighted by molar-refractivity contribution is -0.0211. The smallest absolute Gasteiger partial charge is 0.0597 e. The third kappa shape index (κ3) is 4.17. The highest BCUT2D eigenvalue weighted by molar-refractivity contribution is 5.00. The van der Waals surface area contributed by atoms with Crippen LogP contribution >= 0.6 is 0 Å². The second kappa shape index (κ2) is 7.61. The van der Waals surface area contributed by atoms with Crippen molar-refractivity contribution in [1.82, 2.24) is 4.90 Å². The summed E-state index contributed by atoms with van der Waals surface area (Å²) in [6, 6.07) is 0. The Balaban J connectivity index is 2.69. The fourth-order valence-corrected chi connectivity index (χ4v) is 3.73. The maximum absolute atomic E-state index is 6.22. The van der Waals surface area contributed by atoms with Crippen LogP contribution in [-0.2, 0) is 4.74 Å². The van der Waals surface area contributed by atoms with Gasteiger partial charge >= 0.3 is 0 Å². The van der Waals surface area contributed by atoms with Crippen molar-refractivity contribution in [2.45, 2.75) is 65.0 Å². The van der Waals surface area contributed by atoms with Crippen molar-refractivity contribution >= 4 is 0 Å². The summed E-state index contributed by atoms with van der Waals surface area (Å²) in [7, 11) is 2.23. The van der Waals surface area contributed by atoms with Crippen LogP contribution in [0.2, 0.25) is 0 Å². The van der Waals surface area contributed by atoms with E-state index in [-0.39, 0.29) is 5.54 Å². The minimum absolute atomic E-state index is 0.187. The van der Waals surface area contributed by atoms with Gasteiger partial charge in [0.15, 0.2) is 0 Å². The Hall–Kier alpha value is -0.120. The normalized spacial score (nSPS) is 28.6. The first kappa shape index (κ1) is 16.9. The number of rotatable bonds is 7. The summed E-state index contributed by atoms with van der Waals surface area (Å²) in [5.74, 6) is 1.42. The molecule has 0 amide bonds. The molecule has 3 heteroatoms. The SMILES string of the molecule is CC(C)OCCN(C)C1(CN)CCCCC1C(C)C. The number of likely N-dealkylation sites (N-methyl/N-ethyl adjacent to an activating group) is 1. The molecule has 1 aliphatic rings. The lowest BCUT2D eigenvalue weighted by atomic mass is 9.67. The van der Waals surface area contributed by atoms with Crippen LogP contribution < -0.4 is 5.73 Å². The fourth-order valence-electron chi connectivity index (χ4n) is 3.73. The van der Waals surface area contributed by atoms with Crippen molar-refractivity contribution in [1.29, 1.82) is 0 Å². The van der Waals surface area contributed by atoms with E-state index >= 15 is 0 Å². The molecule has 0 heterocycles. The lowest BCUT2D eigenvalue weighted by Crippen LogP contribution is -2.60. The monoisotopic (exact) mass is 270 g/mol. The van der Waals surface area contributed by atoms with E-state index in [9.17, 15) is 0 Å². The van der Waals surface area contributed by atoms with E-state index in [0.29, 0.717) is 12.0 Å². The van der Waals surface area contributed by atoms with E-state index in [0.717, 1.165) is 25.6 Å². The summed E-state index contributed by atoms with van der Waals surface area (Å²) in [4.78, 5) is 2.49. The van der Waals surface area contributed by atoms with Gasteiger partial charge in [0, 0.05) is 18.6 Å². The van der Waals surface area contributed by atoms with E-state index in [1.54, 1.807) is 0 Å². The highest BCUT2D eigenvalue weighted by Gasteiger charge is 2.43. The Morgan fingerprint density at radius 2 is 1.95 bits per heavy atom. The van der Waals surface area contributed by atoms with Gasteiger partial charge in [-0.25, -0.2) is 0 Å². The molecule has 2 N–H and O–H groups in total. The van der Waals surface area contributed by atoms with Gasteiger partial charge in [-0.05, 0) is 45.6 Å². The zero-order valence-corrected chi connectivity index (χ0v) is 13.6. The quantitative estimate of drug-likeness (QED) is 0.773. The molecule has 19 heavy (non-hydrogen) atoms. The van der Waals surface area contributed by atoms with Crippen molar-refractivity contribution in [3.05, 3.63) is 0 Å². The van der Waals surface area contributed by atoms with Crippen LogP contribution in [0.1, 0.15) is 53.4 Å². The fraction of sp³-hybridized carbons (Fsp3) is 1.00. The maximum atomic E-state index is 6.22. The first-order chi connectivity index (χ1) is 8.94. The van der Waals surface area contributed by atoms with Crippen LogP contribution in [0.5, 0.6) is 0 Å². The summed E-state index contributed by atoms with van der Waals surface area (Å²) in [6.45, 7) is 11.4. The summed E-state index contributed by atoms with van der Waals surface area (Å²) in [5, 5.41) is 0. The van der Waals surface area contributed by atoms with Crippen molar-refractivity contribution < 1.29 is 4.74 Å². The number of nitrogens with zero attached hydrogens (tertiary/aromatic N) is 1. The molecule has 0 aromatic carbocycles. The van der Waals surface area contributed by atoms with Crippen LogP contribution in [-0.4, -0.2) is 43.3 Å². The summed E-state index contributed by atoms with van der Waals surface area (Å²) in [5.41, 5.74) is 6.40. The molecule has 0 aliphatic heterocycles. The molecule has 2 atom stereocenters. The van der Waals surface area contributed by atoms with Crippen molar-refractivity contribution in [2.24, 2.45) is 17.6 Å². The van der Waals surface area contributed by atoms with Gasteiger partial charge in [0.25, 0.3) is 0 Å². The molecule has 1 aliphatic carbocycles. The Bertz CT molecular complexity index is 255. The van der Waals surface area contributed by atoms with Gasteiger partial charge in [-0.15, -0.1) is 0 Å². The van der Waals surface area contributed by atoms with Gasteiger partial charge in [-0.3, -0.25) is 4.90 Å². The number of hydrogen-bond acceptors (Lipinski definition) is 3. The molecule has 3 nitrogen and oxygen atoms in total. The topological polar surface area (TPSA) is 38.5 Å². The van der Waals surface area contributed by atoms with Crippen LogP contribution in [0.25, 0.3) is 0 Å². The zero-order valence-electron chi connectivity index (χ0n) is 13.6. The Kier molecular flexibility index (Phi) is 6.78. The Morgan fingerprint density at radius 1 is 1.26 bits per heavy atom. The van der Waals surface area contributed by atoms with E-state index in [1.807, 2.05) is 0 Å². The van der Waals surface area contributed by atoms with Crippen LogP contribution in [0.3, 0.4) is 0 Å². The number of ether oxygens (including phenoxy) is 1. The second-order valence-electron chi connectivity index (χ2n) is 6.75. The molecule has 1 rings (SSSR count). The molecule has 0 saturated heterocycles. The number of hydrogen-bond donors (Lipinski definition) is 1. The molecule has 0 radical (unpaired) electrons. The van der Waals surface area contributed by atoms with Crippen LogP contribution in [0, 0.1) is 11.8 Å². The summed E-state index contributed by atoms with van der Waals surface area (Å²) < 4.78 is 5.71. The minimum Gasteiger partial charge on any atom is -0.377 e. The molecule has 2 unspecified atom stereocenters. The minimum atomic E-state index is 0.187. The van der Waals surface area contributed by atoms with Crippen molar-refractivity contribution in [3.8, 4) is 0 Å². The average Bonchev–Trinajstić information content (AvgIpc) is 2.37. The van der Waals surface area contributed by atoms with Gasteiger partial charge in [-0.2, -0.15) is 0 Å². The summed E-state index contributed by atoms with van der Waals surface area (Å²) in [6.07, 6.45) is 5.56. The molecule has 0 aromatic rings. The Morgan fingerprint density at radius 3 is 2.47 bits per heavy atom. The van der Waals surface area contributed by atoms with E-state index < -0.39 is 0 Å². The average molecular weight is 270 g/mol. The van der Waals surface area contributed by atoms with Gasteiger partial charge in [0.1, 0.15) is 0 Å². The van der Waals surface area contributed by atoms with E-state index in [1.165, 1.54) is 25.7 Å². The van der Waals surface area contributed by atoms with Gasteiger partial charge in [0.2, 0.25) is 0 Å². The zero-order chi connectivity index (χ0) is 14.5. The predicted molar refractivity (Wildman–Crippen MR) is 82.3 cm³/mol. The molecular formula is C16H34N2O. The van der Waals surface area contributed by atoms with Gasteiger partial charge in [0.05, 0.1) is 12.7 Å². The van der Waals surface area contributed by atoms with Gasteiger partial charge in [-0.1, -0.05) is 26.7 Å². The molecule has 114 valence electrons. The maximum Gasteiger partial charge on any atom is 0.0597 e. The highest BCUT2D eigenvalue weighted by Crippen LogP contribution is 2.41. The van der Waals surface area contributed by atoms with Gasteiger partial charge < -0.3 is 10.5 Å². The first-order valence-corrected chi connectivity index (χ1v) is 7.97. The van der Waals surface area contributed by atoms with E-state index in [4.69, 9.17) is 10.5 Å². The molecule has 0 aromatic heterocycles. The Labute approximate surface area is 119 Å². The molecule has 1 fully saturated rings. The number of nitrogens with two attached hydrogens (primary N) is 1. The second-order valence-corrected chi connectivity index (χ2v) is 6.75. The standard InChI is InChI=1S/C16H34N2O/c1-13(2)15-8-6-7-9-16(15,12-17)18(5)10-11-19-14(3)4/h13-15H,6-12,17H2,1-5H3. The largest absolute Gasteiger partial charge is 0.377 e. The van der Waals surface area contributed by atoms with Crippen LogP contribution in [0.4, 0.5) is 0 Å². The molecule has 0 spiro atoms. The third-order valence-electron chi connectivity index (χ3n) is 4.86. The highest BCUT2D eigenvalue weighted by atomic mass is 16.5.